The molecule has 0 radical (unpaired) electrons. The molecule has 78 valence electrons. The number of benzene rings is 1. The quantitative estimate of drug-likeness (QED) is 0.423. The third-order valence-electron chi connectivity index (χ3n) is 2.25. The average Bonchev–Trinajstić information content (AvgIpc) is 2.57. The van der Waals surface area contributed by atoms with Gasteiger partial charge in [-0.15, -0.1) is 0 Å². The summed E-state index contributed by atoms with van der Waals surface area (Å²) in [6.45, 7) is 1.68. The van der Waals surface area contributed by atoms with Gasteiger partial charge >= 0.3 is 5.91 Å². The zero-order valence-electron chi connectivity index (χ0n) is 8.00. The summed E-state index contributed by atoms with van der Waals surface area (Å²) in [5.41, 5.74) is 2.60. The van der Waals surface area contributed by atoms with Gasteiger partial charge in [-0.25, -0.2) is 10.2 Å². The molecule has 0 aliphatic carbocycles. The molecule has 0 spiro atoms. The van der Waals surface area contributed by atoms with E-state index in [1.165, 1.54) is 6.07 Å². The van der Waals surface area contributed by atoms with Gasteiger partial charge < -0.3 is 4.42 Å². The van der Waals surface area contributed by atoms with E-state index < -0.39 is 11.7 Å². The van der Waals surface area contributed by atoms with Gasteiger partial charge in [-0.2, -0.15) is 0 Å². The number of para-hydroxylation sites is 1. The Hall–Kier alpha value is -1.88. The van der Waals surface area contributed by atoms with Crippen molar-refractivity contribution in [2.24, 2.45) is 5.84 Å². The lowest BCUT2D eigenvalue weighted by Gasteiger charge is -1.94. The first kappa shape index (κ1) is 9.67. The summed E-state index contributed by atoms with van der Waals surface area (Å²) in [5, 5.41) is 0.577. The smallest absolute Gasteiger partial charge is 0.301 e. The maximum absolute atomic E-state index is 13.3. The highest BCUT2D eigenvalue weighted by Gasteiger charge is 2.18. The van der Waals surface area contributed by atoms with Crippen LogP contribution in [0.25, 0.3) is 11.0 Å². The number of furan rings is 1. The number of halogens is 1. The Labute approximate surface area is 84.8 Å². The van der Waals surface area contributed by atoms with Crippen LogP contribution in [0.4, 0.5) is 4.39 Å². The molecule has 3 N–H and O–H groups in total. The predicted octanol–water partition coefficient (Wildman–Crippen LogP) is 1.48. The molecule has 1 heterocycles. The standard InChI is InChI=1S/C10H9FN2O2/c1-5-6-3-2-4-7(11)9(6)15-8(5)10(14)13-12/h2-4H,12H2,1H3,(H,13,14). The van der Waals surface area contributed by atoms with Crippen molar-refractivity contribution >= 4 is 16.9 Å². The summed E-state index contributed by atoms with van der Waals surface area (Å²) < 4.78 is 18.4. The number of aryl methyl sites for hydroxylation is 1. The monoisotopic (exact) mass is 208 g/mol. The van der Waals surface area contributed by atoms with Crippen molar-refractivity contribution in [1.82, 2.24) is 5.43 Å². The lowest BCUT2D eigenvalue weighted by atomic mass is 10.1. The molecule has 0 saturated carbocycles. The van der Waals surface area contributed by atoms with E-state index in [2.05, 4.69) is 0 Å². The average molecular weight is 208 g/mol. The Morgan fingerprint density at radius 1 is 1.53 bits per heavy atom. The minimum atomic E-state index is -0.567. The topological polar surface area (TPSA) is 68.3 Å². The third kappa shape index (κ3) is 1.37. The van der Waals surface area contributed by atoms with Gasteiger partial charge in [-0.05, 0) is 13.0 Å². The number of nitrogen functional groups attached to an aromatic ring is 1. The Morgan fingerprint density at radius 3 is 2.87 bits per heavy atom. The molecule has 2 aromatic rings. The second kappa shape index (κ2) is 3.36. The van der Waals surface area contributed by atoms with Gasteiger partial charge in [0.25, 0.3) is 0 Å². The van der Waals surface area contributed by atoms with E-state index in [0.717, 1.165) is 0 Å². The van der Waals surface area contributed by atoms with Gasteiger partial charge in [-0.1, -0.05) is 12.1 Å². The zero-order valence-corrected chi connectivity index (χ0v) is 8.00. The highest BCUT2D eigenvalue weighted by atomic mass is 19.1. The number of hydrazine groups is 1. The fourth-order valence-corrected chi connectivity index (χ4v) is 1.49. The van der Waals surface area contributed by atoms with Gasteiger partial charge in [0.2, 0.25) is 0 Å². The van der Waals surface area contributed by atoms with Crippen LogP contribution >= 0.6 is 0 Å². The Balaban J connectivity index is 2.75. The van der Waals surface area contributed by atoms with Gasteiger partial charge in [-0.3, -0.25) is 10.2 Å². The van der Waals surface area contributed by atoms with Crippen molar-refractivity contribution in [1.29, 1.82) is 0 Å². The van der Waals surface area contributed by atoms with Gasteiger partial charge in [0.05, 0.1) is 0 Å². The number of hydrogen-bond donors (Lipinski definition) is 2. The number of hydrogen-bond acceptors (Lipinski definition) is 3. The minimum absolute atomic E-state index is 0.0394. The molecular formula is C10H9FN2O2. The molecule has 0 aliphatic heterocycles. The van der Waals surface area contributed by atoms with E-state index in [1.807, 2.05) is 5.43 Å². The molecule has 0 bridgehead atoms. The number of nitrogens with one attached hydrogen (secondary N) is 1. The van der Waals surface area contributed by atoms with Crippen LogP contribution < -0.4 is 11.3 Å². The molecule has 1 aromatic heterocycles. The molecule has 5 heteroatoms. The molecule has 1 amide bonds. The molecule has 15 heavy (non-hydrogen) atoms. The van der Waals surface area contributed by atoms with Crippen molar-refractivity contribution in [3.8, 4) is 0 Å². The first-order valence-corrected chi connectivity index (χ1v) is 4.33. The maximum Gasteiger partial charge on any atom is 0.301 e. The normalized spacial score (nSPS) is 10.6. The van der Waals surface area contributed by atoms with Gasteiger partial charge in [0, 0.05) is 10.9 Å². The lowest BCUT2D eigenvalue weighted by Crippen LogP contribution is -2.30. The van der Waals surface area contributed by atoms with Crippen LogP contribution in [0.3, 0.4) is 0 Å². The molecule has 0 atom stereocenters. The third-order valence-corrected chi connectivity index (χ3v) is 2.25. The van der Waals surface area contributed by atoms with Crippen LogP contribution in [0.2, 0.25) is 0 Å². The van der Waals surface area contributed by atoms with Crippen LogP contribution in [0.5, 0.6) is 0 Å². The number of fused-ring (bicyclic) bond motifs is 1. The van der Waals surface area contributed by atoms with Crippen LogP contribution in [-0.4, -0.2) is 5.91 Å². The van der Waals surface area contributed by atoms with Crippen molar-refractivity contribution in [3.63, 3.8) is 0 Å². The van der Waals surface area contributed by atoms with Crippen molar-refractivity contribution < 1.29 is 13.6 Å². The number of nitrogens with two attached hydrogens (primary N) is 1. The number of rotatable bonds is 1. The SMILES string of the molecule is Cc1c(C(=O)NN)oc2c(F)cccc12. The molecule has 2 rings (SSSR count). The van der Waals surface area contributed by atoms with Crippen molar-refractivity contribution in [2.45, 2.75) is 6.92 Å². The molecule has 0 aliphatic rings. The summed E-state index contributed by atoms with van der Waals surface area (Å²) in [6.07, 6.45) is 0. The van der Waals surface area contributed by atoms with Crippen LogP contribution in [0.15, 0.2) is 22.6 Å². The Kier molecular flexibility index (Phi) is 2.17. The second-order valence-electron chi connectivity index (χ2n) is 3.15. The summed E-state index contributed by atoms with van der Waals surface area (Å²) >= 11 is 0. The van der Waals surface area contributed by atoms with Crippen LogP contribution in [0.1, 0.15) is 16.1 Å². The van der Waals surface area contributed by atoms with Crippen LogP contribution in [-0.2, 0) is 0 Å². The summed E-state index contributed by atoms with van der Waals surface area (Å²) in [4.78, 5) is 11.3. The van der Waals surface area contributed by atoms with Gasteiger partial charge in [0.1, 0.15) is 0 Å². The highest BCUT2D eigenvalue weighted by molar-refractivity contribution is 5.98. The van der Waals surface area contributed by atoms with E-state index >= 15 is 0 Å². The van der Waals surface area contributed by atoms with E-state index in [1.54, 1.807) is 19.1 Å². The van der Waals surface area contributed by atoms with Crippen molar-refractivity contribution in [3.05, 3.63) is 35.3 Å². The largest absolute Gasteiger partial charge is 0.447 e. The molecule has 4 nitrogen and oxygen atoms in total. The highest BCUT2D eigenvalue weighted by Crippen LogP contribution is 2.26. The maximum atomic E-state index is 13.3. The van der Waals surface area contributed by atoms with Crippen molar-refractivity contribution in [2.75, 3.05) is 0 Å². The molecule has 0 fully saturated rings. The first-order chi connectivity index (χ1) is 7.15. The van der Waals surface area contributed by atoms with E-state index in [4.69, 9.17) is 10.3 Å². The lowest BCUT2D eigenvalue weighted by molar-refractivity contribution is 0.0927. The number of carbonyl (C=O) groups is 1. The second-order valence-corrected chi connectivity index (χ2v) is 3.15. The predicted molar refractivity (Wildman–Crippen MR) is 52.6 cm³/mol. The van der Waals surface area contributed by atoms with E-state index in [9.17, 15) is 9.18 Å². The summed E-state index contributed by atoms with van der Waals surface area (Å²) in [7, 11) is 0. The fourth-order valence-electron chi connectivity index (χ4n) is 1.49. The van der Waals surface area contributed by atoms with E-state index in [-0.39, 0.29) is 11.3 Å². The Morgan fingerprint density at radius 2 is 2.27 bits per heavy atom. The molecule has 0 saturated heterocycles. The summed E-state index contributed by atoms with van der Waals surface area (Å²) in [5.74, 6) is 3.96. The van der Waals surface area contributed by atoms with Gasteiger partial charge in [0.15, 0.2) is 17.2 Å². The molecule has 1 aromatic carbocycles. The van der Waals surface area contributed by atoms with E-state index in [0.29, 0.717) is 10.9 Å². The minimum Gasteiger partial charge on any atom is -0.447 e. The molecule has 0 unspecified atom stereocenters. The number of amides is 1. The summed E-state index contributed by atoms with van der Waals surface area (Å²) in [6, 6.07) is 4.52. The zero-order chi connectivity index (χ0) is 11.0. The number of carbonyl (C=O) groups excluding carboxylic acids is 1. The fraction of sp³-hybridized carbons (Fsp3) is 0.100. The molecular weight excluding hydrogens is 199 g/mol. The first-order valence-electron chi connectivity index (χ1n) is 4.33. The van der Waals surface area contributed by atoms with Crippen LogP contribution in [0, 0.1) is 12.7 Å². The Bertz CT molecular complexity index is 533.